The molecule has 0 heterocycles. The first-order chi connectivity index (χ1) is 9.51. The van der Waals surface area contributed by atoms with Crippen LogP contribution in [0.5, 0.6) is 23.0 Å². The van der Waals surface area contributed by atoms with Crippen LogP contribution in [0, 0.1) is 0 Å². The zero-order valence-corrected chi connectivity index (χ0v) is 11.1. The first-order valence-corrected chi connectivity index (χ1v) is 6.14. The highest BCUT2D eigenvalue weighted by Crippen LogP contribution is 2.36. The predicted molar refractivity (Wildman–Crippen MR) is 75.1 cm³/mol. The summed E-state index contributed by atoms with van der Waals surface area (Å²) in [6.07, 6.45) is 0.440. The fourth-order valence-electron chi connectivity index (χ4n) is 2.11. The highest BCUT2D eigenvalue weighted by Gasteiger charge is 2.17. The van der Waals surface area contributed by atoms with E-state index < -0.39 is 6.04 Å². The fraction of sp³-hybridized carbons (Fsp3) is 0.200. The Morgan fingerprint density at radius 1 is 1.05 bits per heavy atom. The molecule has 106 valence electrons. The number of benzene rings is 2. The van der Waals surface area contributed by atoms with Crippen LogP contribution in [0.15, 0.2) is 36.4 Å². The Labute approximate surface area is 116 Å². The van der Waals surface area contributed by atoms with Gasteiger partial charge in [0.15, 0.2) is 0 Å². The maximum absolute atomic E-state index is 9.78. The number of rotatable bonds is 4. The summed E-state index contributed by atoms with van der Waals surface area (Å²) in [7, 11) is 1.59. The average molecular weight is 275 g/mol. The molecule has 0 fully saturated rings. The minimum Gasteiger partial charge on any atom is -0.508 e. The van der Waals surface area contributed by atoms with Gasteiger partial charge in [-0.2, -0.15) is 0 Å². The van der Waals surface area contributed by atoms with Gasteiger partial charge in [0.25, 0.3) is 0 Å². The second-order valence-electron chi connectivity index (χ2n) is 4.56. The van der Waals surface area contributed by atoms with Crippen LogP contribution in [-0.2, 0) is 6.42 Å². The Morgan fingerprint density at radius 3 is 2.10 bits per heavy atom. The van der Waals surface area contributed by atoms with Crippen LogP contribution in [-0.4, -0.2) is 22.4 Å². The zero-order valence-electron chi connectivity index (χ0n) is 11.1. The number of phenols is 3. The molecule has 0 aliphatic carbocycles. The molecule has 20 heavy (non-hydrogen) atoms. The smallest absolute Gasteiger partial charge is 0.127 e. The summed E-state index contributed by atoms with van der Waals surface area (Å²) in [5, 5.41) is 28.8. The lowest BCUT2D eigenvalue weighted by Gasteiger charge is -2.16. The van der Waals surface area contributed by atoms with Crippen LogP contribution in [0.4, 0.5) is 0 Å². The quantitative estimate of drug-likeness (QED) is 0.685. The van der Waals surface area contributed by atoms with E-state index in [2.05, 4.69) is 0 Å². The van der Waals surface area contributed by atoms with E-state index in [1.165, 1.54) is 0 Å². The lowest BCUT2D eigenvalue weighted by atomic mass is 9.98. The van der Waals surface area contributed by atoms with Gasteiger partial charge in [0.05, 0.1) is 12.7 Å². The van der Waals surface area contributed by atoms with Crippen molar-refractivity contribution in [2.45, 2.75) is 12.5 Å². The molecule has 1 unspecified atom stereocenters. The van der Waals surface area contributed by atoms with Crippen LogP contribution in [0.25, 0.3) is 0 Å². The number of ether oxygens (including phenoxy) is 1. The topological polar surface area (TPSA) is 95.9 Å². The highest BCUT2D eigenvalue weighted by atomic mass is 16.5. The van der Waals surface area contributed by atoms with Crippen molar-refractivity contribution >= 4 is 0 Å². The van der Waals surface area contributed by atoms with E-state index in [0.29, 0.717) is 6.42 Å². The first kappa shape index (κ1) is 14.0. The molecular formula is C15H17NO4. The third kappa shape index (κ3) is 2.95. The Bertz CT molecular complexity index is 572. The maximum Gasteiger partial charge on any atom is 0.127 e. The van der Waals surface area contributed by atoms with Crippen LogP contribution in [0.2, 0.25) is 0 Å². The number of methoxy groups -OCH3 is 1. The van der Waals surface area contributed by atoms with Gasteiger partial charge >= 0.3 is 0 Å². The highest BCUT2D eigenvalue weighted by molar-refractivity contribution is 5.50. The Balaban J connectivity index is 2.21. The van der Waals surface area contributed by atoms with E-state index in [-0.39, 0.29) is 22.8 Å². The molecule has 0 spiro atoms. The third-order valence-corrected chi connectivity index (χ3v) is 3.11. The van der Waals surface area contributed by atoms with E-state index in [4.69, 9.17) is 10.5 Å². The minimum absolute atomic E-state index is 0.208. The van der Waals surface area contributed by atoms with Crippen LogP contribution in [0.1, 0.15) is 17.2 Å². The van der Waals surface area contributed by atoms with Crippen molar-refractivity contribution in [3.8, 4) is 23.0 Å². The monoisotopic (exact) mass is 275 g/mol. The number of nitrogens with two attached hydrogens (primary N) is 1. The minimum atomic E-state index is -0.580. The summed E-state index contributed by atoms with van der Waals surface area (Å²) in [6.45, 7) is 0. The lowest BCUT2D eigenvalue weighted by Crippen LogP contribution is -2.13. The molecule has 5 nitrogen and oxygen atoms in total. The summed E-state index contributed by atoms with van der Waals surface area (Å²) >= 11 is 0. The van der Waals surface area contributed by atoms with E-state index in [0.717, 1.165) is 23.4 Å². The van der Waals surface area contributed by atoms with Gasteiger partial charge in [0.1, 0.15) is 23.0 Å². The molecule has 0 saturated carbocycles. The molecule has 0 aliphatic heterocycles. The van der Waals surface area contributed by atoms with E-state index >= 15 is 0 Å². The van der Waals surface area contributed by atoms with Gasteiger partial charge in [-0.05, 0) is 24.1 Å². The molecule has 0 aromatic heterocycles. The summed E-state index contributed by atoms with van der Waals surface area (Å²) < 4.78 is 5.07. The molecule has 0 radical (unpaired) electrons. The summed E-state index contributed by atoms with van der Waals surface area (Å²) in [4.78, 5) is 0. The van der Waals surface area contributed by atoms with Crippen LogP contribution >= 0.6 is 0 Å². The van der Waals surface area contributed by atoms with E-state index in [9.17, 15) is 15.3 Å². The molecule has 2 aromatic carbocycles. The van der Waals surface area contributed by atoms with Crippen molar-refractivity contribution in [1.82, 2.24) is 0 Å². The van der Waals surface area contributed by atoms with E-state index in [1.54, 1.807) is 7.11 Å². The summed E-state index contributed by atoms with van der Waals surface area (Å²) in [5.41, 5.74) is 7.19. The van der Waals surface area contributed by atoms with Gasteiger partial charge in [-0.3, -0.25) is 0 Å². The van der Waals surface area contributed by atoms with Crippen LogP contribution < -0.4 is 10.5 Å². The Morgan fingerprint density at radius 2 is 1.60 bits per heavy atom. The van der Waals surface area contributed by atoms with Crippen molar-refractivity contribution in [3.05, 3.63) is 47.5 Å². The standard InChI is InChI=1S/C15H17NO4/c1-20-11-4-2-9(3-5-11)6-12(16)15-13(18)7-10(17)8-14(15)19/h2-5,7-8,12,17-19H,6,16H2,1H3. The summed E-state index contributed by atoms with van der Waals surface area (Å²) in [5.74, 6) is 0.102. The second kappa shape index (κ2) is 5.71. The van der Waals surface area contributed by atoms with Gasteiger partial charge < -0.3 is 25.8 Å². The molecule has 5 heteroatoms. The van der Waals surface area contributed by atoms with Gasteiger partial charge in [-0.1, -0.05) is 12.1 Å². The molecule has 0 saturated heterocycles. The molecular weight excluding hydrogens is 258 g/mol. The van der Waals surface area contributed by atoms with E-state index in [1.807, 2.05) is 24.3 Å². The molecule has 0 aliphatic rings. The van der Waals surface area contributed by atoms with Gasteiger partial charge in [0, 0.05) is 18.2 Å². The predicted octanol–water partition coefficient (Wildman–Crippen LogP) is 2.05. The molecule has 2 aromatic rings. The molecule has 1 atom stereocenters. The maximum atomic E-state index is 9.78. The molecule has 5 N–H and O–H groups in total. The number of hydrogen-bond acceptors (Lipinski definition) is 5. The van der Waals surface area contributed by atoms with Crippen molar-refractivity contribution < 1.29 is 20.1 Å². The SMILES string of the molecule is COc1ccc(CC(N)c2c(O)cc(O)cc2O)cc1. The molecule has 2 rings (SSSR count). The fourth-order valence-corrected chi connectivity index (χ4v) is 2.11. The largest absolute Gasteiger partial charge is 0.508 e. The van der Waals surface area contributed by atoms with Crippen molar-refractivity contribution in [1.29, 1.82) is 0 Å². The van der Waals surface area contributed by atoms with Gasteiger partial charge in [-0.15, -0.1) is 0 Å². The second-order valence-corrected chi connectivity index (χ2v) is 4.56. The first-order valence-electron chi connectivity index (χ1n) is 6.14. The summed E-state index contributed by atoms with van der Waals surface area (Å²) in [6, 6.07) is 9.10. The van der Waals surface area contributed by atoms with Gasteiger partial charge in [0.2, 0.25) is 0 Å². The number of aromatic hydroxyl groups is 3. The Kier molecular flexibility index (Phi) is 4.00. The van der Waals surface area contributed by atoms with Crippen molar-refractivity contribution in [3.63, 3.8) is 0 Å². The normalized spacial score (nSPS) is 12.1. The molecule has 0 amide bonds. The van der Waals surface area contributed by atoms with Crippen molar-refractivity contribution in [2.24, 2.45) is 5.73 Å². The van der Waals surface area contributed by atoms with Crippen molar-refractivity contribution in [2.75, 3.05) is 7.11 Å². The Hall–Kier alpha value is -2.40. The lowest BCUT2D eigenvalue weighted by molar-refractivity contribution is 0.410. The zero-order chi connectivity index (χ0) is 14.7. The third-order valence-electron chi connectivity index (χ3n) is 3.11. The number of phenolic OH excluding ortho intramolecular Hbond substituents is 3. The van der Waals surface area contributed by atoms with Gasteiger partial charge in [-0.25, -0.2) is 0 Å². The number of hydrogen-bond donors (Lipinski definition) is 4. The average Bonchev–Trinajstić information content (AvgIpc) is 2.38. The van der Waals surface area contributed by atoms with Crippen LogP contribution in [0.3, 0.4) is 0 Å². The molecule has 0 bridgehead atoms.